The van der Waals surface area contributed by atoms with Crippen molar-refractivity contribution in [2.24, 2.45) is 10.9 Å². The Morgan fingerprint density at radius 2 is 1.69 bits per heavy atom. The summed E-state index contributed by atoms with van der Waals surface area (Å²) in [6.07, 6.45) is 2.63. The predicted octanol–water partition coefficient (Wildman–Crippen LogP) is 1.42. The number of sulfonamides is 2. The molecule has 0 radical (unpaired) electrons. The number of nitrogens with one attached hydrogen (secondary N) is 2. The molecule has 152 valence electrons. The highest BCUT2D eigenvalue weighted by atomic mass is 32.2. The van der Waals surface area contributed by atoms with Crippen molar-refractivity contribution in [3.05, 3.63) is 77.8 Å². The summed E-state index contributed by atoms with van der Waals surface area (Å²) in [6, 6.07) is 11.9. The summed E-state index contributed by atoms with van der Waals surface area (Å²) in [7, 11) is -7.85. The van der Waals surface area contributed by atoms with Gasteiger partial charge in [-0.2, -0.15) is 0 Å². The molecule has 0 amide bonds. The zero-order valence-corrected chi connectivity index (χ0v) is 17.0. The average Bonchev–Trinajstić information content (AvgIpc) is 3.04. The molecule has 2 aromatic carbocycles. The Labute approximate surface area is 168 Å². The molecule has 0 atom stereocenters. The van der Waals surface area contributed by atoms with Gasteiger partial charge in [-0.3, -0.25) is 5.41 Å². The van der Waals surface area contributed by atoms with Crippen LogP contribution in [0.15, 0.2) is 82.0 Å². The number of rotatable bonds is 5. The molecule has 1 aliphatic heterocycles. The fraction of sp³-hybridized carbons (Fsp3) is 0.0556. The van der Waals surface area contributed by atoms with E-state index < -0.39 is 20.0 Å². The molecule has 0 aliphatic carbocycles. The fourth-order valence-electron chi connectivity index (χ4n) is 2.63. The van der Waals surface area contributed by atoms with Crippen LogP contribution >= 0.6 is 0 Å². The number of benzene rings is 2. The quantitative estimate of drug-likeness (QED) is 0.558. The Morgan fingerprint density at radius 1 is 1.03 bits per heavy atom. The van der Waals surface area contributed by atoms with E-state index in [1.54, 1.807) is 18.2 Å². The maximum atomic E-state index is 12.8. The average molecular weight is 434 g/mol. The zero-order valence-electron chi connectivity index (χ0n) is 15.3. The smallest absolute Gasteiger partial charge is 0.269 e. The lowest BCUT2D eigenvalue weighted by Crippen LogP contribution is -2.30. The summed E-state index contributed by atoms with van der Waals surface area (Å²) in [6.45, 7) is 1.84. The van der Waals surface area contributed by atoms with Gasteiger partial charge in [0.1, 0.15) is 11.7 Å². The molecule has 0 unspecified atom stereocenters. The third-order valence-electron chi connectivity index (χ3n) is 4.16. The zero-order chi connectivity index (χ0) is 21.4. The van der Waals surface area contributed by atoms with Crippen LogP contribution in [0.2, 0.25) is 0 Å². The molecule has 11 heteroatoms. The second-order valence-corrected chi connectivity index (χ2v) is 9.68. The van der Waals surface area contributed by atoms with Gasteiger partial charge in [0.25, 0.3) is 10.0 Å². The second kappa shape index (κ2) is 7.35. The number of aryl methyl sites for hydroxylation is 1. The van der Waals surface area contributed by atoms with Gasteiger partial charge >= 0.3 is 0 Å². The van der Waals surface area contributed by atoms with Gasteiger partial charge in [-0.1, -0.05) is 23.8 Å². The first kappa shape index (κ1) is 20.6. The Morgan fingerprint density at radius 3 is 2.31 bits per heavy atom. The summed E-state index contributed by atoms with van der Waals surface area (Å²) < 4.78 is 49.4. The molecule has 0 fully saturated rings. The summed E-state index contributed by atoms with van der Waals surface area (Å²) >= 11 is 0. The molecular formula is C18H19N5O4S2. The van der Waals surface area contributed by atoms with Crippen LogP contribution in [0.25, 0.3) is 0 Å². The van der Waals surface area contributed by atoms with E-state index in [2.05, 4.69) is 5.32 Å². The van der Waals surface area contributed by atoms with Crippen molar-refractivity contribution in [3.63, 3.8) is 0 Å². The van der Waals surface area contributed by atoms with Crippen LogP contribution in [0.4, 0.5) is 5.69 Å². The van der Waals surface area contributed by atoms with E-state index >= 15 is 0 Å². The number of anilines is 1. The van der Waals surface area contributed by atoms with Gasteiger partial charge in [0.15, 0.2) is 0 Å². The van der Waals surface area contributed by atoms with E-state index in [9.17, 15) is 16.8 Å². The highest BCUT2D eigenvalue weighted by Gasteiger charge is 2.31. The fourth-order valence-corrected chi connectivity index (χ4v) is 4.46. The largest absolute Gasteiger partial charge is 0.385 e. The topological polar surface area (TPSA) is 159 Å². The van der Waals surface area contributed by atoms with Crippen molar-refractivity contribution in [3.8, 4) is 0 Å². The lowest BCUT2D eigenvalue weighted by molar-refractivity contribution is 0.564. The van der Waals surface area contributed by atoms with Crippen LogP contribution in [0.3, 0.4) is 0 Å². The number of nitrogens with two attached hydrogens (primary N) is 2. The first-order valence-electron chi connectivity index (χ1n) is 8.28. The number of hydrogen-bond acceptors (Lipinski definition) is 7. The van der Waals surface area contributed by atoms with Crippen molar-refractivity contribution < 1.29 is 16.8 Å². The third-order valence-corrected chi connectivity index (χ3v) is 6.76. The molecule has 0 spiro atoms. The molecular weight excluding hydrogens is 414 g/mol. The Kier molecular flexibility index (Phi) is 5.22. The summed E-state index contributed by atoms with van der Waals surface area (Å²) in [5, 5.41) is 16.1. The van der Waals surface area contributed by atoms with Gasteiger partial charge in [0.2, 0.25) is 10.0 Å². The molecule has 9 nitrogen and oxygen atoms in total. The van der Waals surface area contributed by atoms with E-state index in [0.717, 1.165) is 9.87 Å². The van der Waals surface area contributed by atoms with Crippen LogP contribution in [0.5, 0.6) is 0 Å². The van der Waals surface area contributed by atoms with Crippen LogP contribution in [-0.4, -0.2) is 27.0 Å². The van der Waals surface area contributed by atoms with E-state index in [1.807, 2.05) is 6.92 Å². The van der Waals surface area contributed by atoms with Crippen molar-refractivity contribution in [1.29, 1.82) is 5.41 Å². The van der Waals surface area contributed by atoms with Crippen LogP contribution in [-0.2, 0) is 20.0 Å². The van der Waals surface area contributed by atoms with E-state index in [1.165, 1.54) is 42.6 Å². The molecule has 0 aromatic heterocycles. The molecule has 0 saturated heterocycles. The maximum absolute atomic E-state index is 12.8. The van der Waals surface area contributed by atoms with Crippen molar-refractivity contribution >= 4 is 31.6 Å². The lowest BCUT2D eigenvalue weighted by atomic mass is 10.2. The van der Waals surface area contributed by atoms with E-state index in [0.29, 0.717) is 5.69 Å². The standard InChI is InChI=1S/C18H19N5O4S2/c1-12-5-7-14(8-6-12)29(26,27)23-10-9-16(18(23)20)17(19)22-13-3-2-4-15(11-13)28(21,24)25/h2-11,20,22H,19H2,1H3,(H2,21,24,25)/b17-16+,20-18?. The highest BCUT2D eigenvalue weighted by molar-refractivity contribution is 7.90. The Balaban J connectivity index is 1.88. The van der Waals surface area contributed by atoms with Crippen LogP contribution in [0, 0.1) is 12.3 Å². The van der Waals surface area contributed by atoms with Gasteiger partial charge in [-0.25, -0.2) is 26.3 Å². The van der Waals surface area contributed by atoms with Gasteiger partial charge < -0.3 is 11.1 Å². The molecule has 3 rings (SSSR count). The second-order valence-electron chi connectivity index (χ2n) is 6.30. The minimum Gasteiger partial charge on any atom is -0.385 e. The molecule has 0 bridgehead atoms. The van der Waals surface area contributed by atoms with Gasteiger partial charge in [-0.05, 0) is 43.3 Å². The highest BCUT2D eigenvalue weighted by Crippen LogP contribution is 2.25. The molecule has 29 heavy (non-hydrogen) atoms. The Bertz CT molecular complexity index is 1250. The molecule has 0 saturated carbocycles. The van der Waals surface area contributed by atoms with Gasteiger partial charge in [0.05, 0.1) is 15.4 Å². The monoisotopic (exact) mass is 433 g/mol. The maximum Gasteiger partial charge on any atom is 0.269 e. The Hall–Kier alpha value is -3.15. The minimum atomic E-state index is -3.96. The summed E-state index contributed by atoms with van der Waals surface area (Å²) in [4.78, 5) is -0.0629. The SMILES string of the molecule is Cc1ccc(S(=O)(=O)N2C=C/C(=C(/N)Nc3cccc(S(N)(=O)=O)c3)C2=N)cc1. The molecule has 1 heterocycles. The van der Waals surface area contributed by atoms with E-state index in [-0.39, 0.29) is 27.0 Å². The number of amidine groups is 1. The summed E-state index contributed by atoms with van der Waals surface area (Å²) in [5.74, 6) is -0.349. The van der Waals surface area contributed by atoms with Crippen molar-refractivity contribution in [2.45, 2.75) is 16.7 Å². The molecule has 1 aliphatic rings. The number of hydrogen-bond donors (Lipinski definition) is 4. The van der Waals surface area contributed by atoms with Gasteiger partial charge in [-0.15, -0.1) is 0 Å². The minimum absolute atomic E-state index is 0.0144. The van der Waals surface area contributed by atoms with Crippen LogP contribution in [0.1, 0.15) is 5.56 Å². The molecule has 6 N–H and O–H groups in total. The first-order valence-corrected chi connectivity index (χ1v) is 11.3. The lowest BCUT2D eigenvalue weighted by Gasteiger charge is -2.18. The van der Waals surface area contributed by atoms with Crippen molar-refractivity contribution in [2.75, 3.05) is 5.32 Å². The predicted molar refractivity (Wildman–Crippen MR) is 110 cm³/mol. The third kappa shape index (κ3) is 4.16. The molecule has 2 aromatic rings. The van der Waals surface area contributed by atoms with Crippen molar-refractivity contribution in [1.82, 2.24) is 4.31 Å². The van der Waals surface area contributed by atoms with Gasteiger partial charge in [0, 0.05) is 11.9 Å². The first-order chi connectivity index (χ1) is 13.5. The van der Waals surface area contributed by atoms with Crippen LogP contribution < -0.4 is 16.2 Å². The number of nitrogens with zero attached hydrogens (tertiary/aromatic N) is 1. The number of primary sulfonamides is 1. The normalized spacial score (nSPS) is 16.2. The van der Waals surface area contributed by atoms with E-state index in [4.69, 9.17) is 16.3 Å². The summed E-state index contributed by atoms with van der Waals surface area (Å²) in [5.41, 5.74) is 7.37.